The summed E-state index contributed by atoms with van der Waals surface area (Å²) in [6, 6.07) is 5.60. The Morgan fingerprint density at radius 2 is 2.02 bits per heavy atom. The van der Waals surface area contributed by atoms with E-state index in [1.807, 2.05) is 0 Å². The van der Waals surface area contributed by atoms with Gasteiger partial charge in [-0.05, 0) is 29.7 Å². The number of anilines is 2. The maximum atomic E-state index is 14.9. The molecule has 12 nitrogen and oxygen atoms in total. The molecule has 0 amide bonds. The fraction of sp³-hybridized carbons (Fsp3) is 0.286. The van der Waals surface area contributed by atoms with Crippen molar-refractivity contribution in [1.29, 1.82) is 5.26 Å². The number of carboxylic acid groups (broad SMARTS) is 1. The van der Waals surface area contributed by atoms with E-state index >= 15 is 0 Å². The summed E-state index contributed by atoms with van der Waals surface area (Å²) >= 11 is 6.22. The van der Waals surface area contributed by atoms with Crippen LogP contribution >= 0.6 is 11.6 Å². The van der Waals surface area contributed by atoms with Gasteiger partial charge in [-0.25, -0.2) is 19.2 Å². The molecule has 0 spiro atoms. The van der Waals surface area contributed by atoms with Crippen molar-refractivity contribution in [2.75, 3.05) is 31.4 Å². The van der Waals surface area contributed by atoms with E-state index in [4.69, 9.17) is 22.1 Å². The normalized spacial score (nSPS) is 12.8. The molecule has 0 aliphatic heterocycles. The highest BCUT2D eigenvalue weighted by Crippen LogP contribution is 2.35. The molecule has 0 aliphatic carbocycles. The van der Waals surface area contributed by atoms with Gasteiger partial charge in [0, 0.05) is 32.9 Å². The number of nitriles is 1. The van der Waals surface area contributed by atoms with Crippen LogP contribution in [0.25, 0.3) is 0 Å². The summed E-state index contributed by atoms with van der Waals surface area (Å²) in [6.45, 7) is 3.51. The third-order valence-corrected chi connectivity index (χ3v) is 6.29. The summed E-state index contributed by atoms with van der Waals surface area (Å²) in [5.74, 6) is -2.35. The average molecular weight is 597 g/mol. The molecular formula is C28H30ClFN8O4. The van der Waals surface area contributed by atoms with Gasteiger partial charge in [0.25, 0.3) is 5.56 Å². The van der Waals surface area contributed by atoms with E-state index in [2.05, 4.69) is 20.3 Å². The van der Waals surface area contributed by atoms with Gasteiger partial charge in [0.1, 0.15) is 29.0 Å². The number of carboxylic acids is 1. The highest BCUT2D eigenvalue weighted by atomic mass is 35.5. The lowest BCUT2D eigenvalue weighted by Gasteiger charge is -2.27. The van der Waals surface area contributed by atoms with Crippen LogP contribution in [0.4, 0.5) is 21.7 Å². The first-order valence-electron chi connectivity index (χ1n) is 12.5. The second kappa shape index (κ2) is 13.1. The maximum Gasteiger partial charge on any atom is 0.352 e. The predicted molar refractivity (Wildman–Crippen MR) is 158 cm³/mol. The number of nitrogens with one attached hydrogen (secondary N) is 1. The lowest BCUT2D eigenvalue weighted by atomic mass is 9.87. The van der Waals surface area contributed by atoms with Gasteiger partial charge in [-0.1, -0.05) is 31.5 Å². The first-order chi connectivity index (χ1) is 19.8. The molecule has 3 rings (SSSR count). The van der Waals surface area contributed by atoms with Crippen molar-refractivity contribution in [2.45, 2.75) is 19.9 Å². The Morgan fingerprint density at radius 3 is 2.57 bits per heavy atom. The van der Waals surface area contributed by atoms with Crippen LogP contribution in [-0.2, 0) is 11.8 Å². The molecule has 1 aromatic carbocycles. The lowest BCUT2D eigenvalue weighted by molar-refractivity contribution is -0.132. The fourth-order valence-corrected chi connectivity index (χ4v) is 4.29. The first kappa shape index (κ1) is 31.6. The van der Waals surface area contributed by atoms with Gasteiger partial charge in [0.15, 0.2) is 0 Å². The van der Waals surface area contributed by atoms with Crippen LogP contribution in [0.2, 0.25) is 5.02 Å². The van der Waals surface area contributed by atoms with Gasteiger partial charge in [-0.2, -0.15) is 10.2 Å². The maximum absolute atomic E-state index is 14.9. The van der Waals surface area contributed by atoms with Gasteiger partial charge in [0.2, 0.25) is 11.8 Å². The minimum absolute atomic E-state index is 0.0187. The molecule has 220 valence electrons. The minimum Gasteiger partial charge on any atom is -0.479 e. The fourth-order valence-electron chi connectivity index (χ4n) is 4.03. The number of pyridine rings is 1. The zero-order valence-electron chi connectivity index (χ0n) is 23.8. The molecule has 42 heavy (non-hydrogen) atoms. The summed E-state index contributed by atoms with van der Waals surface area (Å²) in [5.41, 5.74) is 5.27. The van der Waals surface area contributed by atoms with Gasteiger partial charge >= 0.3 is 5.97 Å². The number of hydrogen-bond donors (Lipinski definition) is 3. The van der Waals surface area contributed by atoms with Crippen molar-refractivity contribution < 1.29 is 19.0 Å². The Balaban J connectivity index is 2.40. The number of aliphatic carboxylic acids is 1. The first-order valence-corrected chi connectivity index (χ1v) is 12.9. The Morgan fingerprint density at radius 1 is 1.33 bits per heavy atom. The quantitative estimate of drug-likeness (QED) is 0.231. The van der Waals surface area contributed by atoms with E-state index in [0.717, 1.165) is 6.07 Å². The highest BCUT2D eigenvalue weighted by Gasteiger charge is 2.30. The van der Waals surface area contributed by atoms with Gasteiger partial charge in [0.05, 0.1) is 35.6 Å². The number of hydrogen-bond acceptors (Lipinski definition) is 10. The summed E-state index contributed by atoms with van der Waals surface area (Å²) in [4.78, 5) is 40.4. The number of aliphatic imine (C=N–C) groups is 1. The van der Waals surface area contributed by atoms with E-state index < -0.39 is 35.0 Å². The molecule has 3 aromatic rings. The Kier molecular flexibility index (Phi) is 9.87. The van der Waals surface area contributed by atoms with Crippen molar-refractivity contribution in [3.8, 4) is 11.9 Å². The zero-order chi connectivity index (χ0) is 31.3. The second-order valence-electron chi connectivity index (χ2n) is 9.66. The van der Waals surface area contributed by atoms with E-state index in [1.165, 1.54) is 49.3 Å². The van der Waals surface area contributed by atoms with E-state index in [9.17, 15) is 24.3 Å². The standard InChI is InChI=1S/C28H30ClFN8O4/c1-14(2)23(35-20-12-33-28(37(3)4)36-25(20)42-6)21(22(32)27(40)41)24(15-7-8-16(11-31)18(30)9-15)34-19-10-17(29)13-38(5)26(19)39/h7-10,12-14,24,34H,32H2,1-6H3,(H,40,41). The Hall–Kier alpha value is -4.96. The third-order valence-electron chi connectivity index (χ3n) is 6.09. The van der Waals surface area contributed by atoms with Crippen molar-refractivity contribution in [2.24, 2.45) is 23.7 Å². The number of ether oxygens (including phenoxy) is 1. The molecule has 1 unspecified atom stereocenters. The number of nitrogens with two attached hydrogens (primary N) is 1. The SMILES string of the molecule is COc1nc(N(C)C)ncc1N=C(C(=C(N)C(=O)O)C(Nc1cc(Cl)cn(C)c1=O)c1ccc(C#N)c(F)c1)C(C)C. The van der Waals surface area contributed by atoms with Crippen LogP contribution in [0.3, 0.4) is 0 Å². The number of halogens is 2. The largest absolute Gasteiger partial charge is 0.479 e. The predicted octanol–water partition coefficient (Wildman–Crippen LogP) is 3.79. The molecule has 4 N–H and O–H groups in total. The van der Waals surface area contributed by atoms with E-state index in [1.54, 1.807) is 38.9 Å². The molecular weight excluding hydrogens is 567 g/mol. The Bertz CT molecular complexity index is 1680. The van der Waals surface area contributed by atoms with Crippen molar-refractivity contribution >= 4 is 40.6 Å². The van der Waals surface area contributed by atoms with Gasteiger partial charge in [-0.15, -0.1) is 0 Å². The van der Waals surface area contributed by atoms with E-state index in [0.29, 0.717) is 5.95 Å². The smallest absolute Gasteiger partial charge is 0.352 e. The van der Waals surface area contributed by atoms with Crippen LogP contribution in [0.5, 0.6) is 5.88 Å². The molecule has 0 bridgehead atoms. The number of methoxy groups -OCH3 is 1. The molecule has 0 radical (unpaired) electrons. The van der Waals surface area contributed by atoms with Crippen LogP contribution in [-0.4, -0.2) is 52.5 Å². The van der Waals surface area contributed by atoms with Crippen LogP contribution < -0.4 is 26.2 Å². The highest BCUT2D eigenvalue weighted by molar-refractivity contribution is 6.30. The Labute approximate surface area is 246 Å². The van der Waals surface area contributed by atoms with Crippen molar-refractivity contribution in [1.82, 2.24) is 14.5 Å². The topological polar surface area (TPSA) is 172 Å². The number of benzene rings is 1. The number of carbonyl (C=O) groups is 1. The number of aromatic nitrogens is 3. The summed E-state index contributed by atoms with van der Waals surface area (Å²) in [6.07, 6.45) is 2.81. The minimum atomic E-state index is -1.48. The lowest BCUT2D eigenvalue weighted by Crippen LogP contribution is -2.31. The van der Waals surface area contributed by atoms with Crippen LogP contribution in [0.15, 0.2) is 57.7 Å². The molecule has 14 heteroatoms. The summed E-state index contributed by atoms with van der Waals surface area (Å²) < 4.78 is 21.6. The number of aryl methyl sites for hydroxylation is 1. The summed E-state index contributed by atoms with van der Waals surface area (Å²) in [5, 5.41) is 22.5. The van der Waals surface area contributed by atoms with Crippen molar-refractivity contribution in [3.63, 3.8) is 0 Å². The van der Waals surface area contributed by atoms with Crippen molar-refractivity contribution in [3.05, 3.63) is 80.2 Å². The summed E-state index contributed by atoms with van der Waals surface area (Å²) in [7, 11) is 6.39. The molecule has 0 fully saturated rings. The molecule has 0 saturated carbocycles. The molecule has 0 aliphatic rings. The zero-order valence-corrected chi connectivity index (χ0v) is 24.6. The monoisotopic (exact) mass is 596 g/mol. The number of nitrogens with zero attached hydrogens (tertiary/aromatic N) is 6. The van der Waals surface area contributed by atoms with Crippen LogP contribution in [0.1, 0.15) is 31.0 Å². The average Bonchev–Trinajstić information content (AvgIpc) is 2.93. The third kappa shape index (κ3) is 6.84. The molecule has 2 aromatic heterocycles. The molecule has 2 heterocycles. The molecule has 0 saturated heterocycles. The number of rotatable bonds is 10. The molecule has 1 atom stereocenters. The van der Waals surface area contributed by atoms with E-state index in [-0.39, 0.29) is 44.7 Å². The van der Waals surface area contributed by atoms with Gasteiger partial charge in [-0.3, -0.25) is 4.79 Å². The second-order valence-corrected chi connectivity index (χ2v) is 10.1. The van der Waals surface area contributed by atoms with Crippen LogP contribution in [0, 0.1) is 23.1 Å². The van der Waals surface area contributed by atoms with Gasteiger partial charge < -0.3 is 30.4 Å².